The Morgan fingerprint density at radius 3 is 2.78 bits per heavy atom. The molecule has 4 rings (SSSR count). The molecule has 1 heteroatoms. The number of rotatable bonds is 3. The quantitative estimate of drug-likeness (QED) is 0.654. The van der Waals surface area contributed by atoms with Gasteiger partial charge in [-0.25, -0.2) is 0 Å². The van der Waals surface area contributed by atoms with Gasteiger partial charge in [-0.2, -0.15) is 0 Å². The maximum Gasteiger partial charge on any atom is 0.119 e. The van der Waals surface area contributed by atoms with E-state index >= 15 is 0 Å². The molecule has 0 spiro atoms. The van der Waals surface area contributed by atoms with Crippen LogP contribution in [0.1, 0.15) is 82.8 Å². The normalized spacial score (nSPS) is 38.6. The van der Waals surface area contributed by atoms with Gasteiger partial charge in [0.15, 0.2) is 0 Å². The fourth-order valence-corrected chi connectivity index (χ4v) is 6.76. The lowest BCUT2D eigenvalue weighted by molar-refractivity contribution is -0.0348. The summed E-state index contributed by atoms with van der Waals surface area (Å²) < 4.78 is 5.74. The summed E-state index contributed by atoms with van der Waals surface area (Å²) in [5.74, 6) is 2.82. The maximum absolute atomic E-state index is 5.74. The Kier molecular flexibility index (Phi) is 3.74. The van der Waals surface area contributed by atoms with E-state index in [0.717, 1.165) is 24.2 Å². The van der Waals surface area contributed by atoms with Crippen LogP contribution in [-0.4, -0.2) is 6.61 Å². The van der Waals surface area contributed by atoms with Crippen LogP contribution in [-0.2, 0) is 6.42 Å². The van der Waals surface area contributed by atoms with Crippen molar-refractivity contribution in [3.63, 3.8) is 0 Å². The van der Waals surface area contributed by atoms with Crippen LogP contribution in [0.5, 0.6) is 5.75 Å². The van der Waals surface area contributed by atoms with Crippen molar-refractivity contribution < 1.29 is 4.74 Å². The van der Waals surface area contributed by atoms with Gasteiger partial charge in [0.25, 0.3) is 0 Å². The van der Waals surface area contributed by atoms with E-state index in [-0.39, 0.29) is 0 Å². The van der Waals surface area contributed by atoms with Crippen molar-refractivity contribution in [1.82, 2.24) is 0 Å². The topological polar surface area (TPSA) is 9.23 Å². The molecule has 2 saturated carbocycles. The van der Waals surface area contributed by atoms with Crippen LogP contribution in [0.25, 0.3) is 0 Å². The van der Waals surface area contributed by atoms with Gasteiger partial charge in [0.2, 0.25) is 0 Å². The zero-order chi connectivity index (χ0) is 16.1. The van der Waals surface area contributed by atoms with Crippen LogP contribution in [0.2, 0.25) is 0 Å². The van der Waals surface area contributed by atoms with E-state index in [9.17, 15) is 0 Å². The first kappa shape index (κ1) is 15.5. The minimum absolute atomic E-state index is 0.573. The highest BCUT2D eigenvalue weighted by Gasteiger charge is 2.57. The average molecular weight is 312 g/mol. The highest BCUT2D eigenvalue weighted by Crippen LogP contribution is 2.68. The predicted octanol–water partition coefficient (Wildman–Crippen LogP) is 6.11. The van der Waals surface area contributed by atoms with Gasteiger partial charge in [-0.15, -0.1) is 0 Å². The molecule has 0 heterocycles. The number of fused-ring (bicyclic) bond motifs is 5. The Balaban J connectivity index is 1.74. The summed E-state index contributed by atoms with van der Waals surface area (Å²) in [6.07, 6.45) is 11.3. The van der Waals surface area contributed by atoms with Crippen LogP contribution >= 0.6 is 0 Å². The van der Waals surface area contributed by atoms with E-state index < -0.39 is 0 Å². The molecule has 0 amide bonds. The van der Waals surface area contributed by atoms with Crippen LogP contribution in [0.3, 0.4) is 0 Å². The number of ether oxygens (including phenoxy) is 1. The van der Waals surface area contributed by atoms with Gasteiger partial charge in [-0.3, -0.25) is 0 Å². The monoisotopic (exact) mass is 312 g/mol. The Bertz CT molecular complexity index is 592. The highest BCUT2D eigenvalue weighted by atomic mass is 16.5. The number of aryl methyl sites for hydroxylation is 1. The molecule has 3 aliphatic rings. The van der Waals surface area contributed by atoms with Gasteiger partial charge in [-0.1, -0.05) is 26.3 Å². The van der Waals surface area contributed by atoms with Crippen LogP contribution in [0, 0.1) is 16.7 Å². The molecule has 0 aromatic heterocycles. The predicted molar refractivity (Wildman–Crippen MR) is 96.1 cm³/mol. The van der Waals surface area contributed by atoms with Crippen molar-refractivity contribution in [1.29, 1.82) is 0 Å². The average Bonchev–Trinajstić information content (AvgIpc) is 2.97. The molecule has 2 unspecified atom stereocenters. The molecule has 4 atom stereocenters. The second-order valence-corrected chi connectivity index (χ2v) is 8.57. The molecule has 2 fully saturated rings. The molecule has 126 valence electrons. The first-order chi connectivity index (χ1) is 11.1. The third-order valence-electron chi connectivity index (χ3n) is 7.79. The summed E-state index contributed by atoms with van der Waals surface area (Å²) in [6.45, 7) is 7.91. The Morgan fingerprint density at radius 2 is 2.00 bits per heavy atom. The van der Waals surface area contributed by atoms with Crippen molar-refractivity contribution in [2.45, 2.75) is 78.1 Å². The third kappa shape index (κ3) is 2.18. The lowest BCUT2D eigenvalue weighted by Gasteiger charge is -2.58. The van der Waals surface area contributed by atoms with Gasteiger partial charge >= 0.3 is 0 Å². The summed E-state index contributed by atoms with van der Waals surface area (Å²) in [7, 11) is 0. The lowest BCUT2D eigenvalue weighted by Crippen LogP contribution is -2.48. The van der Waals surface area contributed by atoms with E-state index in [2.05, 4.69) is 39.0 Å². The van der Waals surface area contributed by atoms with E-state index in [0.29, 0.717) is 10.8 Å². The van der Waals surface area contributed by atoms with Gasteiger partial charge in [0.1, 0.15) is 5.75 Å². The molecule has 0 N–H and O–H groups in total. The van der Waals surface area contributed by atoms with Gasteiger partial charge < -0.3 is 4.74 Å². The summed E-state index contributed by atoms with van der Waals surface area (Å²) in [5.41, 5.74) is 4.45. The molecule has 1 aromatic rings. The molecule has 0 radical (unpaired) electrons. The largest absolute Gasteiger partial charge is 0.494 e. The summed E-state index contributed by atoms with van der Waals surface area (Å²) >= 11 is 0. The molecule has 3 aliphatic carbocycles. The van der Waals surface area contributed by atoms with Crippen molar-refractivity contribution in [3.05, 3.63) is 29.3 Å². The molecule has 1 nitrogen and oxygen atoms in total. The summed E-state index contributed by atoms with van der Waals surface area (Å²) in [4.78, 5) is 0. The van der Waals surface area contributed by atoms with Gasteiger partial charge in [0, 0.05) is 0 Å². The molecule has 0 saturated heterocycles. The zero-order valence-corrected chi connectivity index (χ0v) is 15.2. The van der Waals surface area contributed by atoms with E-state index in [4.69, 9.17) is 4.74 Å². The molecule has 0 bridgehead atoms. The fraction of sp³-hybridized carbons (Fsp3) is 0.727. The molecule has 23 heavy (non-hydrogen) atoms. The first-order valence-electron chi connectivity index (χ1n) is 9.88. The van der Waals surface area contributed by atoms with E-state index in [1.165, 1.54) is 51.4 Å². The first-order valence-corrected chi connectivity index (χ1v) is 9.88. The smallest absolute Gasteiger partial charge is 0.119 e. The third-order valence-corrected chi connectivity index (χ3v) is 7.79. The summed E-state index contributed by atoms with van der Waals surface area (Å²) in [5, 5.41) is 0. The van der Waals surface area contributed by atoms with Crippen molar-refractivity contribution in [2.75, 3.05) is 6.61 Å². The van der Waals surface area contributed by atoms with Crippen LogP contribution < -0.4 is 4.74 Å². The SMILES string of the molecule is CCOc1ccc2c(c1)CC[C@]1(CC)C2CC[C@]2(C)CCCC21. The Hall–Kier alpha value is -0.980. The molecule has 0 aliphatic heterocycles. The maximum atomic E-state index is 5.74. The van der Waals surface area contributed by atoms with Crippen molar-refractivity contribution in [2.24, 2.45) is 16.7 Å². The number of hydrogen-bond donors (Lipinski definition) is 0. The van der Waals surface area contributed by atoms with E-state index in [1.807, 2.05) is 0 Å². The molecule has 1 aromatic carbocycles. The minimum atomic E-state index is 0.573. The second-order valence-electron chi connectivity index (χ2n) is 8.57. The standard InChI is InChI=1S/C22H32O/c1-4-22-14-10-16-15-17(23-5-2)8-9-18(16)19(22)11-13-21(3)12-6-7-20(21)22/h8-9,15,19-20H,4-7,10-14H2,1-3H3/t19?,20?,21-,22+/m0/s1. The van der Waals surface area contributed by atoms with E-state index in [1.54, 1.807) is 11.1 Å². The lowest BCUT2D eigenvalue weighted by atomic mass is 9.47. The summed E-state index contributed by atoms with van der Waals surface area (Å²) in [6, 6.07) is 6.96. The number of hydrogen-bond acceptors (Lipinski definition) is 1. The molecular weight excluding hydrogens is 280 g/mol. The van der Waals surface area contributed by atoms with Gasteiger partial charge in [0.05, 0.1) is 6.61 Å². The zero-order valence-electron chi connectivity index (χ0n) is 15.2. The van der Waals surface area contributed by atoms with Crippen LogP contribution in [0.4, 0.5) is 0 Å². The highest BCUT2D eigenvalue weighted by molar-refractivity contribution is 5.42. The van der Waals surface area contributed by atoms with Crippen molar-refractivity contribution >= 4 is 0 Å². The van der Waals surface area contributed by atoms with Gasteiger partial charge in [-0.05, 0) is 97.8 Å². The minimum Gasteiger partial charge on any atom is -0.494 e. The van der Waals surface area contributed by atoms with Crippen molar-refractivity contribution in [3.8, 4) is 5.75 Å². The fourth-order valence-electron chi connectivity index (χ4n) is 6.76. The second kappa shape index (κ2) is 5.53. The Labute approximate surface area is 141 Å². The van der Waals surface area contributed by atoms with Crippen LogP contribution in [0.15, 0.2) is 18.2 Å². The molecular formula is C22H32O. The number of benzene rings is 1. The Morgan fingerprint density at radius 1 is 1.13 bits per heavy atom.